The van der Waals surface area contributed by atoms with Crippen LogP contribution in [0, 0.1) is 34.5 Å². The number of fused-ring (bicyclic) bond motifs is 1. The molecular weight excluding hydrogens is 256 g/mol. The number of carbonyl (C=O) groups is 1. The van der Waals surface area contributed by atoms with Crippen molar-refractivity contribution in [2.75, 3.05) is 0 Å². The quantitative estimate of drug-likeness (QED) is 0.633. The maximum atomic E-state index is 12.3. The molecule has 2 rings (SSSR count). The molecule has 0 heterocycles. The van der Waals surface area contributed by atoms with E-state index in [9.17, 15) is 4.79 Å². The monoisotopic (exact) mass is 292 g/mol. The van der Waals surface area contributed by atoms with Gasteiger partial charge in [0.25, 0.3) is 0 Å². The number of ketones is 1. The van der Waals surface area contributed by atoms with Gasteiger partial charge in [0.05, 0.1) is 0 Å². The highest BCUT2D eigenvalue weighted by atomic mass is 16.1. The van der Waals surface area contributed by atoms with Gasteiger partial charge in [0.1, 0.15) is 5.78 Å². The van der Waals surface area contributed by atoms with Crippen molar-refractivity contribution in [1.82, 2.24) is 0 Å². The van der Waals surface area contributed by atoms with Gasteiger partial charge in [-0.2, -0.15) is 0 Å². The summed E-state index contributed by atoms with van der Waals surface area (Å²) in [6, 6.07) is 0. The van der Waals surface area contributed by atoms with Gasteiger partial charge in [0.15, 0.2) is 0 Å². The molecule has 2 saturated carbocycles. The van der Waals surface area contributed by atoms with Crippen LogP contribution in [0.1, 0.15) is 86.5 Å². The number of rotatable bonds is 4. The Morgan fingerprint density at radius 2 is 1.90 bits per heavy atom. The minimum atomic E-state index is 0.310. The van der Waals surface area contributed by atoms with E-state index in [2.05, 4.69) is 41.5 Å². The number of hydrogen-bond acceptors (Lipinski definition) is 1. The molecule has 2 aliphatic rings. The predicted octanol–water partition coefficient (Wildman–Crippen LogP) is 5.87. The Morgan fingerprint density at radius 3 is 2.52 bits per heavy atom. The molecule has 0 amide bonds. The third-order valence-corrected chi connectivity index (χ3v) is 6.82. The molecule has 0 spiro atoms. The van der Waals surface area contributed by atoms with Crippen molar-refractivity contribution in [2.24, 2.45) is 34.5 Å². The van der Waals surface area contributed by atoms with Crippen LogP contribution < -0.4 is 0 Å². The average Bonchev–Trinajstić information content (AvgIpc) is 2.73. The van der Waals surface area contributed by atoms with Gasteiger partial charge in [-0.1, -0.05) is 41.5 Å². The Labute approximate surface area is 132 Å². The second-order valence-electron chi connectivity index (χ2n) is 9.50. The van der Waals surface area contributed by atoms with E-state index < -0.39 is 0 Å². The fourth-order valence-corrected chi connectivity index (χ4v) is 5.15. The van der Waals surface area contributed by atoms with Crippen LogP contribution >= 0.6 is 0 Å². The van der Waals surface area contributed by atoms with Crippen molar-refractivity contribution < 1.29 is 4.79 Å². The molecular formula is C20H36O. The van der Waals surface area contributed by atoms with E-state index in [1.807, 2.05) is 0 Å². The third-order valence-electron chi connectivity index (χ3n) is 6.82. The van der Waals surface area contributed by atoms with Crippen molar-refractivity contribution in [2.45, 2.75) is 86.5 Å². The second-order valence-corrected chi connectivity index (χ2v) is 9.50. The lowest BCUT2D eigenvalue weighted by atomic mass is 9.60. The van der Waals surface area contributed by atoms with Crippen molar-refractivity contribution in [3.8, 4) is 0 Å². The van der Waals surface area contributed by atoms with E-state index >= 15 is 0 Å². The van der Waals surface area contributed by atoms with E-state index in [0.717, 1.165) is 37.0 Å². The number of carbonyl (C=O) groups excluding carboxylic acids is 1. The van der Waals surface area contributed by atoms with Gasteiger partial charge in [0.2, 0.25) is 0 Å². The largest absolute Gasteiger partial charge is 0.299 e. The molecule has 1 nitrogen and oxygen atoms in total. The van der Waals surface area contributed by atoms with Gasteiger partial charge in [-0.25, -0.2) is 0 Å². The smallest absolute Gasteiger partial charge is 0.136 e. The summed E-state index contributed by atoms with van der Waals surface area (Å²) in [5.41, 5.74) is 0.752. The highest BCUT2D eigenvalue weighted by Crippen LogP contribution is 2.57. The zero-order valence-corrected chi connectivity index (χ0v) is 15.2. The third kappa shape index (κ3) is 3.54. The molecule has 0 aromatic carbocycles. The average molecular weight is 293 g/mol. The summed E-state index contributed by atoms with van der Waals surface area (Å²) in [7, 11) is 0. The summed E-state index contributed by atoms with van der Waals surface area (Å²) in [6.07, 6.45) is 8.35. The van der Waals surface area contributed by atoms with Crippen LogP contribution in [-0.2, 0) is 4.79 Å². The molecule has 0 radical (unpaired) electrons. The number of hydrogen-bond donors (Lipinski definition) is 0. The first kappa shape index (κ1) is 17.0. The number of Topliss-reactive ketones (excluding diaryl/α,β-unsaturated/α-hetero) is 1. The fraction of sp³-hybridized carbons (Fsp3) is 0.950. The topological polar surface area (TPSA) is 17.1 Å². The van der Waals surface area contributed by atoms with Crippen molar-refractivity contribution in [3.05, 3.63) is 0 Å². The van der Waals surface area contributed by atoms with E-state index in [0.29, 0.717) is 22.5 Å². The van der Waals surface area contributed by atoms with Crippen LogP contribution in [0.4, 0.5) is 0 Å². The van der Waals surface area contributed by atoms with Crippen molar-refractivity contribution >= 4 is 5.78 Å². The highest BCUT2D eigenvalue weighted by Gasteiger charge is 2.52. The molecule has 0 aromatic rings. The summed E-state index contributed by atoms with van der Waals surface area (Å²) >= 11 is 0. The highest BCUT2D eigenvalue weighted by molar-refractivity contribution is 5.83. The fourth-order valence-electron chi connectivity index (χ4n) is 5.15. The molecule has 0 N–H and O–H groups in total. The van der Waals surface area contributed by atoms with Crippen LogP contribution in [-0.4, -0.2) is 5.78 Å². The van der Waals surface area contributed by atoms with E-state index in [1.165, 1.54) is 25.7 Å². The summed E-state index contributed by atoms with van der Waals surface area (Å²) < 4.78 is 0. The Morgan fingerprint density at radius 1 is 1.24 bits per heavy atom. The molecule has 0 bridgehead atoms. The minimum Gasteiger partial charge on any atom is -0.299 e. The van der Waals surface area contributed by atoms with Crippen LogP contribution in [0.5, 0.6) is 0 Å². The lowest BCUT2D eigenvalue weighted by Crippen LogP contribution is -2.40. The standard InChI is InChI=1S/C20H36O/c1-14(11-13-19(3,4)5)15(2)16-9-10-17-18(21)8-7-12-20(16,17)6/h14-17H,7-13H2,1-6H3/t14-,15+,16?,17?,20-/m1/s1. The maximum absolute atomic E-state index is 12.3. The lowest BCUT2D eigenvalue weighted by molar-refractivity contribution is -0.130. The molecule has 2 fully saturated rings. The molecule has 21 heavy (non-hydrogen) atoms. The second kappa shape index (κ2) is 6.05. The van der Waals surface area contributed by atoms with Crippen LogP contribution in [0.2, 0.25) is 0 Å². The zero-order chi connectivity index (χ0) is 15.8. The van der Waals surface area contributed by atoms with Gasteiger partial charge in [0, 0.05) is 12.3 Å². The summed E-state index contributed by atoms with van der Waals surface area (Å²) in [6.45, 7) is 14.4. The first-order chi connectivity index (χ1) is 9.65. The summed E-state index contributed by atoms with van der Waals surface area (Å²) in [4.78, 5) is 12.3. The normalized spacial score (nSPS) is 36.4. The molecule has 0 aliphatic heterocycles. The Balaban J connectivity index is 2.02. The predicted molar refractivity (Wildman–Crippen MR) is 90.2 cm³/mol. The molecule has 5 atom stereocenters. The first-order valence-corrected chi connectivity index (χ1v) is 9.18. The molecule has 1 heteroatoms. The van der Waals surface area contributed by atoms with Gasteiger partial charge < -0.3 is 0 Å². The van der Waals surface area contributed by atoms with Gasteiger partial charge in [-0.05, 0) is 67.1 Å². The lowest BCUT2D eigenvalue weighted by Gasteiger charge is -2.44. The minimum absolute atomic E-state index is 0.310. The molecule has 2 aliphatic carbocycles. The van der Waals surface area contributed by atoms with Crippen molar-refractivity contribution in [3.63, 3.8) is 0 Å². The maximum Gasteiger partial charge on any atom is 0.136 e. The van der Waals surface area contributed by atoms with E-state index in [4.69, 9.17) is 0 Å². The first-order valence-electron chi connectivity index (χ1n) is 9.18. The van der Waals surface area contributed by atoms with Crippen LogP contribution in [0.3, 0.4) is 0 Å². The molecule has 0 aromatic heterocycles. The van der Waals surface area contributed by atoms with E-state index in [1.54, 1.807) is 0 Å². The summed E-state index contributed by atoms with van der Waals surface area (Å²) in [5, 5.41) is 0. The Kier molecular flexibility index (Phi) is 4.90. The molecule has 2 unspecified atom stereocenters. The zero-order valence-electron chi connectivity index (χ0n) is 15.2. The Hall–Kier alpha value is -0.330. The van der Waals surface area contributed by atoms with Crippen LogP contribution in [0.25, 0.3) is 0 Å². The van der Waals surface area contributed by atoms with E-state index in [-0.39, 0.29) is 0 Å². The van der Waals surface area contributed by atoms with Gasteiger partial charge >= 0.3 is 0 Å². The molecule has 122 valence electrons. The Bertz CT molecular complexity index is 378. The van der Waals surface area contributed by atoms with Gasteiger partial charge in [-0.15, -0.1) is 0 Å². The van der Waals surface area contributed by atoms with Crippen LogP contribution in [0.15, 0.2) is 0 Å². The van der Waals surface area contributed by atoms with Crippen molar-refractivity contribution in [1.29, 1.82) is 0 Å². The SMILES string of the molecule is C[C@H](CCC(C)(C)C)[C@H](C)C1CCC2C(=O)CCC[C@@]21C. The molecule has 0 saturated heterocycles. The summed E-state index contributed by atoms with van der Waals surface area (Å²) in [5.74, 6) is 3.26. The van der Waals surface area contributed by atoms with Gasteiger partial charge in [-0.3, -0.25) is 4.79 Å².